The van der Waals surface area contributed by atoms with Crippen molar-refractivity contribution in [2.45, 2.75) is 6.04 Å². The minimum Gasteiger partial charge on any atom is -0.478 e. The first-order valence-corrected chi connectivity index (χ1v) is 4.09. The Morgan fingerprint density at radius 3 is 2.50 bits per heavy atom. The third kappa shape index (κ3) is 3.01. The summed E-state index contributed by atoms with van der Waals surface area (Å²) in [7, 11) is 0. The summed E-state index contributed by atoms with van der Waals surface area (Å²) >= 11 is 0. The summed E-state index contributed by atoms with van der Waals surface area (Å²) in [6, 6.07) is 8.56. The van der Waals surface area contributed by atoms with Crippen LogP contribution < -0.4 is 5.48 Å². The van der Waals surface area contributed by atoms with Gasteiger partial charge in [-0.15, -0.1) is 0 Å². The molecule has 0 saturated carbocycles. The van der Waals surface area contributed by atoms with Gasteiger partial charge in [-0.3, -0.25) is 0 Å². The van der Waals surface area contributed by atoms with Crippen LogP contribution in [-0.2, 0) is 4.79 Å². The molecule has 1 unspecified atom stereocenters. The van der Waals surface area contributed by atoms with Gasteiger partial charge in [0.25, 0.3) is 0 Å². The van der Waals surface area contributed by atoms with Crippen LogP contribution in [0.5, 0.6) is 0 Å². The normalized spacial score (nSPS) is 12.9. The first kappa shape index (κ1) is 10.4. The lowest BCUT2D eigenvalue weighted by Crippen LogP contribution is -2.14. The molecule has 1 aromatic carbocycles. The van der Waals surface area contributed by atoms with Crippen molar-refractivity contribution in [3.05, 3.63) is 48.0 Å². The van der Waals surface area contributed by atoms with Crippen molar-refractivity contribution >= 4 is 5.97 Å². The Morgan fingerprint density at radius 1 is 1.36 bits per heavy atom. The smallest absolute Gasteiger partial charge is 0.328 e. The van der Waals surface area contributed by atoms with Crippen molar-refractivity contribution in [3.63, 3.8) is 0 Å². The van der Waals surface area contributed by atoms with Crippen LogP contribution in [0.15, 0.2) is 42.5 Å². The molecular weight excluding hydrogens is 182 g/mol. The second-order valence-corrected chi connectivity index (χ2v) is 2.71. The van der Waals surface area contributed by atoms with E-state index < -0.39 is 12.0 Å². The van der Waals surface area contributed by atoms with Crippen LogP contribution in [0, 0.1) is 0 Å². The molecule has 0 fully saturated rings. The van der Waals surface area contributed by atoms with Crippen molar-refractivity contribution < 1.29 is 15.1 Å². The minimum atomic E-state index is -1.04. The molecule has 0 aromatic heterocycles. The van der Waals surface area contributed by atoms with Gasteiger partial charge in [-0.2, -0.15) is 5.48 Å². The van der Waals surface area contributed by atoms with E-state index in [1.165, 1.54) is 6.08 Å². The highest BCUT2D eigenvalue weighted by Crippen LogP contribution is 2.12. The number of rotatable bonds is 4. The van der Waals surface area contributed by atoms with Crippen molar-refractivity contribution in [1.29, 1.82) is 0 Å². The van der Waals surface area contributed by atoms with Crippen molar-refractivity contribution in [2.75, 3.05) is 0 Å². The lowest BCUT2D eigenvalue weighted by Gasteiger charge is -2.09. The number of aliphatic carboxylic acids is 1. The van der Waals surface area contributed by atoms with Gasteiger partial charge < -0.3 is 10.3 Å². The van der Waals surface area contributed by atoms with Gasteiger partial charge in [-0.25, -0.2) is 4.79 Å². The number of carboxylic acids is 1. The highest BCUT2D eigenvalue weighted by atomic mass is 16.5. The van der Waals surface area contributed by atoms with Crippen LogP contribution in [0.1, 0.15) is 11.6 Å². The third-order valence-corrected chi connectivity index (χ3v) is 1.73. The zero-order valence-corrected chi connectivity index (χ0v) is 7.42. The Hall–Kier alpha value is -1.65. The number of carboxylic acid groups (broad SMARTS) is 1. The molecule has 1 atom stereocenters. The van der Waals surface area contributed by atoms with Crippen LogP contribution >= 0.6 is 0 Å². The van der Waals surface area contributed by atoms with Crippen LogP contribution in [0.4, 0.5) is 0 Å². The maximum Gasteiger partial charge on any atom is 0.328 e. The fraction of sp³-hybridized carbons (Fsp3) is 0.100. The van der Waals surface area contributed by atoms with Gasteiger partial charge in [-0.05, 0) is 5.56 Å². The summed E-state index contributed by atoms with van der Waals surface area (Å²) in [6.45, 7) is 0. The van der Waals surface area contributed by atoms with E-state index in [9.17, 15) is 4.79 Å². The fourth-order valence-corrected chi connectivity index (χ4v) is 1.07. The predicted molar refractivity (Wildman–Crippen MR) is 50.9 cm³/mol. The maximum absolute atomic E-state index is 10.3. The molecule has 0 heterocycles. The Labute approximate surface area is 81.5 Å². The molecular formula is C10H11NO3. The summed E-state index contributed by atoms with van der Waals surface area (Å²) in [5, 5.41) is 17.2. The number of benzene rings is 1. The number of hydroxylamine groups is 1. The molecule has 4 heteroatoms. The lowest BCUT2D eigenvalue weighted by molar-refractivity contribution is -0.131. The van der Waals surface area contributed by atoms with E-state index in [0.29, 0.717) is 0 Å². The van der Waals surface area contributed by atoms with Gasteiger partial charge >= 0.3 is 5.97 Å². The topological polar surface area (TPSA) is 69.6 Å². The molecule has 14 heavy (non-hydrogen) atoms. The molecule has 0 bridgehead atoms. The number of nitrogens with one attached hydrogen (secondary N) is 1. The van der Waals surface area contributed by atoms with Gasteiger partial charge in [0.05, 0.1) is 6.04 Å². The molecule has 0 aliphatic carbocycles. The van der Waals surface area contributed by atoms with Crippen LogP contribution in [-0.4, -0.2) is 16.3 Å². The van der Waals surface area contributed by atoms with Crippen LogP contribution in [0.25, 0.3) is 0 Å². The summed E-state index contributed by atoms with van der Waals surface area (Å²) < 4.78 is 0. The SMILES string of the molecule is O=C(O)/C=C\C(NO)c1ccccc1. The van der Waals surface area contributed by atoms with Crippen LogP contribution in [0.3, 0.4) is 0 Å². The van der Waals surface area contributed by atoms with E-state index >= 15 is 0 Å². The summed E-state index contributed by atoms with van der Waals surface area (Å²) in [5.74, 6) is -1.04. The molecule has 1 rings (SSSR count). The van der Waals surface area contributed by atoms with Gasteiger partial charge in [0, 0.05) is 6.08 Å². The van der Waals surface area contributed by atoms with Crippen LogP contribution in [0.2, 0.25) is 0 Å². The first-order valence-electron chi connectivity index (χ1n) is 4.09. The first-order chi connectivity index (χ1) is 6.74. The van der Waals surface area contributed by atoms with E-state index in [4.69, 9.17) is 10.3 Å². The minimum absolute atomic E-state index is 0.493. The molecule has 0 saturated heterocycles. The quantitative estimate of drug-likeness (QED) is 0.498. The summed E-state index contributed by atoms with van der Waals surface area (Å²) in [4.78, 5) is 10.3. The van der Waals surface area contributed by atoms with Gasteiger partial charge in [0.1, 0.15) is 0 Å². The second-order valence-electron chi connectivity index (χ2n) is 2.71. The second kappa shape index (κ2) is 5.16. The van der Waals surface area contributed by atoms with E-state index in [1.807, 2.05) is 23.7 Å². The lowest BCUT2D eigenvalue weighted by atomic mass is 10.1. The molecule has 1 aromatic rings. The highest BCUT2D eigenvalue weighted by Gasteiger charge is 2.05. The van der Waals surface area contributed by atoms with E-state index in [1.54, 1.807) is 12.1 Å². The summed E-state index contributed by atoms with van der Waals surface area (Å²) in [5.41, 5.74) is 2.82. The van der Waals surface area contributed by atoms with Gasteiger partial charge in [0.15, 0.2) is 0 Å². The third-order valence-electron chi connectivity index (χ3n) is 1.73. The van der Waals surface area contributed by atoms with Crippen molar-refractivity contribution in [3.8, 4) is 0 Å². The standard InChI is InChI=1S/C10H11NO3/c12-10(13)7-6-9(11-14)8-4-2-1-3-5-8/h1-7,9,11,14H,(H,12,13)/b7-6-. The molecule has 3 N–H and O–H groups in total. The van der Waals surface area contributed by atoms with E-state index in [-0.39, 0.29) is 0 Å². The molecule has 4 nitrogen and oxygen atoms in total. The predicted octanol–water partition coefficient (Wildman–Crippen LogP) is 1.35. The van der Waals surface area contributed by atoms with E-state index in [2.05, 4.69) is 0 Å². The Kier molecular flexibility index (Phi) is 3.84. The Balaban J connectivity index is 2.78. The fourth-order valence-electron chi connectivity index (χ4n) is 1.07. The molecule has 74 valence electrons. The molecule has 0 spiro atoms. The zero-order chi connectivity index (χ0) is 10.4. The zero-order valence-electron chi connectivity index (χ0n) is 7.42. The summed E-state index contributed by atoms with van der Waals surface area (Å²) in [6.07, 6.45) is 2.36. The largest absolute Gasteiger partial charge is 0.478 e. The average Bonchev–Trinajstić information content (AvgIpc) is 2.20. The Bertz CT molecular complexity index is 321. The maximum atomic E-state index is 10.3. The number of hydrogen-bond donors (Lipinski definition) is 3. The molecule has 0 aliphatic heterocycles. The van der Waals surface area contributed by atoms with E-state index in [0.717, 1.165) is 11.6 Å². The molecule has 0 radical (unpaired) electrons. The van der Waals surface area contributed by atoms with Gasteiger partial charge in [-0.1, -0.05) is 36.4 Å². The highest BCUT2D eigenvalue weighted by molar-refractivity contribution is 5.79. The monoisotopic (exact) mass is 193 g/mol. The molecule has 0 amide bonds. The molecule has 0 aliphatic rings. The average molecular weight is 193 g/mol. The number of carbonyl (C=O) groups is 1. The number of hydrogen-bond acceptors (Lipinski definition) is 3. The Morgan fingerprint density at radius 2 is 2.00 bits per heavy atom. The van der Waals surface area contributed by atoms with Crippen molar-refractivity contribution in [1.82, 2.24) is 5.48 Å². The van der Waals surface area contributed by atoms with Crippen molar-refractivity contribution in [2.24, 2.45) is 0 Å². The van der Waals surface area contributed by atoms with Gasteiger partial charge in [0.2, 0.25) is 0 Å².